The minimum absolute atomic E-state index is 0.00973. The van der Waals surface area contributed by atoms with E-state index >= 15 is 0 Å². The van der Waals surface area contributed by atoms with Crippen molar-refractivity contribution in [3.05, 3.63) is 64.3 Å². The number of benzene rings is 2. The van der Waals surface area contributed by atoms with Crippen LogP contribution in [0.4, 0.5) is 0 Å². The normalized spacial score (nSPS) is 10.7. The summed E-state index contributed by atoms with van der Waals surface area (Å²) in [5, 5.41) is 3.98. The average Bonchev–Trinajstić information content (AvgIpc) is 3.02. The van der Waals surface area contributed by atoms with Gasteiger partial charge >= 0.3 is 0 Å². The minimum Gasteiger partial charge on any atom is -0.497 e. The van der Waals surface area contributed by atoms with Gasteiger partial charge in [-0.1, -0.05) is 27.2 Å². The van der Waals surface area contributed by atoms with Gasteiger partial charge in [-0.25, -0.2) is 0 Å². The first-order chi connectivity index (χ1) is 12.1. The van der Waals surface area contributed by atoms with Crippen molar-refractivity contribution < 1.29 is 14.1 Å². The summed E-state index contributed by atoms with van der Waals surface area (Å²) in [5.74, 6) is 1.58. The van der Waals surface area contributed by atoms with Gasteiger partial charge in [0, 0.05) is 14.9 Å². The van der Waals surface area contributed by atoms with Crippen LogP contribution in [-0.2, 0) is 0 Å². The number of nitrogens with zero attached hydrogens (tertiary/aromatic N) is 1. The van der Waals surface area contributed by atoms with Crippen LogP contribution >= 0.6 is 27.7 Å². The predicted molar refractivity (Wildman–Crippen MR) is 102 cm³/mol. The Morgan fingerprint density at radius 3 is 2.72 bits per heavy atom. The van der Waals surface area contributed by atoms with E-state index in [2.05, 4.69) is 21.1 Å². The third-order valence-corrected chi connectivity index (χ3v) is 5.18. The van der Waals surface area contributed by atoms with Crippen LogP contribution in [0.2, 0.25) is 0 Å². The van der Waals surface area contributed by atoms with Crippen molar-refractivity contribution in [1.82, 2.24) is 5.16 Å². The highest BCUT2D eigenvalue weighted by molar-refractivity contribution is 9.10. The molecule has 0 bridgehead atoms. The molecule has 0 N–H and O–H groups in total. The number of ether oxygens (including phenoxy) is 1. The van der Waals surface area contributed by atoms with Crippen molar-refractivity contribution in [1.29, 1.82) is 0 Å². The molecule has 0 radical (unpaired) electrons. The molecule has 3 aromatic rings. The lowest BCUT2D eigenvalue weighted by molar-refractivity contribution is 0.102. The summed E-state index contributed by atoms with van der Waals surface area (Å²) in [5.41, 5.74) is 1.98. The first-order valence-electron chi connectivity index (χ1n) is 7.60. The monoisotopic (exact) mass is 417 g/mol. The maximum absolute atomic E-state index is 12.8. The summed E-state index contributed by atoms with van der Waals surface area (Å²) in [7, 11) is 1.62. The molecule has 0 aliphatic rings. The fourth-order valence-corrected chi connectivity index (χ4v) is 3.49. The van der Waals surface area contributed by atoms with E-state index in [0.717, 1.165) is 20.7 Å². The third-order valence-electron chi connectivity index (χ3n) is 3.66. The van der Waals surface area contributed by atoms with Crippen molar-refractivity contribution in [2.45, 2.75) is 11.8 Å². The number of hydrogen-bond donors (Lipinski definition) is 0. The molecule has 0 atom stereocenters. The first-order valence-corrected chi connectivity index (χ1v) is 9.38. The summed E-state index contributed by atoms with van der Waals surface area (Å²) in [6.07, 6.45) is 0. The van der Waals surface area contributed by atoms with Crippen molar-refractivity contribution in [3.63, 3.8) is 0 Å². The van der Waals surface area contributed by atoms with Crippen LogP contribution in [-0.4, -0.2) is 23.8 Å². The molecule has 0 unspecified atom stereocenters. The molecular weight excluding hydrogens is 402 g/mol. The van der Waals surface area contributed by atoms with Gasteiger partial charge in [0.1, 0.15) is 5.75 Å². The summed E-state index contributed by atoms with van der Waals surface area (Å²) < 4.78 is 11.6. The molecule has 2 aromatic carbocycles. The molecule has 3 rings (SSSR count). The lowest BCUT2D eigenvalue weighted by Gasteiger charge is -2.05. The highest BCUT2D eigenvalue weighted by atomic mass is 79.9. The van der Waals surface area contributed by atoms with Crippen LogP contribution in [0.1, 0.15) is 16.1 Å². The Kier molecular flexibility index (Phi) is 5.60. The molecular formula is C19H16BrNO3S. The Hall–Kier alpha value is -2.05. The minimum atomic E-state index is -0.00973. The lowest BCUT2D eigenvalue weighted by atomic mass is 10.0. The zero-order chi connectivity index (χ0) is 17.8. The highest BCUT2D eigenvalue weighted by Crippen LogP contribution is 2.30. The van der Waals surface area contributed by atoms with E-state index in [1.807, 2.05) is 48.5 Å². The van der Waals surface area contributed by atoms with Gasteiger partial charge in [-0.3, -0.25) is 4.79 Å². The molecule has 0 fully saturated rings. The fourth-order valence-electron chi connectivity index (χ4n) is 2.41. The number of thioether (sulfide) groups is 1. The number of Topliss-reactive ketones (excluding diaryl/α,β-unsaturated/α-hetero) is 1. The van der Waals surface area contributed by atoms with Gasteiger partial charge in [-0.2, -0.15) is 0 Å². The van der Waals surface area contributed by atoms with E-state index in [4.69, 9.17) is 9.26 Å². The van der Waals surface area contributed by atoms with E-state index < -0.39 is 0 Å². The number of rotatable bonds is 6. The van der Waals surface area contributed by atoms with E-state index in [1.54, 1.807) is 14.0 Å². The van der Waals surface area contributed by atoms with Crippen molar-refractivity contribution in [3.8, 4) is 17.1 Å². The Morgan fingerprint density at radius 1 is 1.24 bits per heavy atom. The number of halogens is 1. The number of methoxy groups -OCH3 is 1. The van der Waals surface area contributed by atoms with Gasteiger partial charge in [-0.05, 0) is 49.4 Å². The van der Waals surface area contributed by atoms with E-state index in [1.165, 1.54) is 11.8 Å². The second kappa shape index (κ2) is 7.89. The van der Waals surface area contributed by atoms with Gasteiger partial charge in [0.25, 0.3) is 0 Å². The lowest BCUT2D eigenvalue weighted by Crippen LogP contribution is -2.05. The van der Waals surface area contributed by atoms with Crippen LogP contribution in [0.25, 0.3) is 11.3 Å². The number of aryl methyl sites for hydroxylation is 1. The smallest absolute Gasteiger partial charge is 0.178 e. The van der Waals surface area contributed by atoms with Gasteiger partial charge in [0.2, 0.25) is 0 Å². The van der Waals surface area contributed by atoms with Crippen molar-refractivity contribution in [2.24, 2.45) is 0 Å². The Bertz CT molecular complexity index is 890. The molecule has 25 heavy (non-hydrogen) atoms. The summed E-state index contributed by atoms with van der Waals surface area (Å²) in [6.45, 7) is 1.79. The van der Waals surface area contributed by atoms with Gasteiger partial charge in [0.05, 0.1) is 24.1 Å². The quantitative estimate of drug-likeness (QED) is 0.397. The molecule has 6 heteroatoms. The molecule has 0 amide bonds. The fraction of sp³-hybridized carbons (Fsp3) is 0.158. The van der Waals surface area contributed by atoms with Crippen LogP contribution in [0, 0.1) is 6.92 Å². The number of ketones is 1. The molecule has 4 nitrogen and oxygen atoms in total. The Morgan fingerprint density at radius 2 is 2.00 bits per heavy atom. The van der Waals surface area contributed by atoms with E-state index in [0.29, 0.717) is 22.8 Å². The van der Waals surface area contributed by atoms with Crippen LogP contribution in [0.3, 0.4) is 0 Å². The maximum atomic E-state index is 12.8. The van der Waals surface area contributed by atoms with Crippen molar-refractivity contribution >= 4 is 33.5 Å². The standard InChI is InChI=1S/C19H16BrNO3S/c1-12-18(19(24-21-12)13-6-8-14(20)9-7-13)17(22)11-25-16-5-3-4-15(10-16)23-2/h3-10H,11H2,1-2H3. The third kappa shape index (κ3) is 4.14. The number of carbonyl (C=O) groups is 1. The van der Waals surface area contributed by atoms with Gasteiger partial charge < -0.3 is 9.26 Å². The van der Waals surface area contributed by atoms with Gasteiger partial charge in [-0.15, -0.1) is 11.8 Å². The predicted octanol–water partition coefficient (Wildman–Crippen LogP) is 5.40. The van der Waals surface area contributed by atoms with Crippen LogP contribution < -0.4 is 4.74 Å². The molecule has 0 aliphatic carbocycles. The molecule has 128 valence electrons. The topological polar surface area (TPSA) is 52.3 Å². The SMILES string of the molecule is COc1cccc(SCC(=O)c2c(C)noc2-c2ccc(Br)cc2)c1. The largest absolute Gasteiger partial charge is 0.497 e. The molecule has 0 saturated carbocycles. The molecule has 1 heterocycles. The molecule has 0 spiro atoms. The molecule has 0 aliphatic heterocycles. The van der Waals surface area contributed by atoms with Crippen molar-refractivity contribution in [2.75, 3.05) is 12.9 Å². The Labute approximate surface area is 158 Å². The maximum Gasteiger partial charge on any atom is 0.178 e. The summed E-state index contributed by atoms with van der Waals surface area (Å²) in [6, 6.07) is 15.3. The number of hydrogen-bond acceptors (Lipinski definition) is 5. The summed E-state index contributed by atoms with van der Waals surface area (Å²) in [4.78, 5) is 13.7. The molecule has 1 aromatic heterocycles. The highest BCUT2D eigenvalue weighted by Gasteiger charge is 2.21. The summed E-state index contributed by atoms with van der Waals surface area (Å²) >= 11 is 4.87. The molecule has 0 saturated heterocycles. The zero-order valence-electron chi connectivity index (χ0n) is 13.8. The second-order valence-corrected chi connectivity index (χ2v) is 7.33. The van der Waals surface area contributed by atoms with Gasteiger partial charge in [0.15, 0.2) is 11.5 Å². The average molecular weight is 418 g/mol. The zero-order valence-corrected chi connectivity index (χ0v) is 16.2. The second-order valence-electron chi connectivity index (χ2n) is 5.37. The Balaban J connectivity index is 1.80. The number of carbonyl (C=O) groups excluding carboxylic acids is 1. The first kappa shape index (κ1) is 17.8. The van der Waals surface area contributed by atoms with E-state index in [-0.39, 0.29) is 5.78 Å². The van der Waals surface area contributed by atoms with Crippen LogP contribution in [0.5, 0.6) is 5.75 Å². The number of aromatic nitrogens is 1. The van der Waals surface area contributed by atoms with Crippen LogP contribution in [0.15, 0.2) is 62.4 Å². The van der Waals surface area contributed by atoms with E-state index in [9.17, 15) is 4.79 Å².